The Morgan fingerprint density at radius 2 is 1.57 bits per heavy atom. The van der Waals surface area contributed by atoms with E-state index >= 15 is 0 Å². The van der Waals surface area contributed by atoms with Gasteiger partial charge in [0.05, 0.1) is 7.82 Å². The summed E-state index contributed by atoms with van der Waals surface area (Å²) < 4.78 is 8.66. The molecule has 0 rings (SSSR count). The van der Waals surface area contributed by atoms with E-state index in [0.29, 0.717) is 0 Å². The summed E-state index contributed by atoms with van der Waals surface area (Å²) in [6.07, 6.45) is 0. The summed E-state index contributed by atoms with van der Waals surface area (Å²) in [6, 6.07) is 0. The molecule has 0 aromatic heterocycles. The Balaban J connectivity index is -0.0000000267. The Labute approximate surface area is 67.0 Å². The van der Waals surface area contributed by atoms with Crippen molar-refractivity contribution in [1.82, 2.24) is 0 Å². The van der Waals surface area contributed by atoms with E-state index in [9.17, 15) is 0 Å². The first-order valence-electron chi connectivity index (χ1n) is 0.748. The van der Waals surface area contributed by atoms with Crippen molar-refractivity contribution in [2.45, 2.75) is 0 Å². The molecule has 7 heavy (non-hydrogen) atoms. The van der Waals surface area contributed by atoms with Crippen LogP contribution in [0.5, 0.6) is 0 Å². The van der Waals surface area contributed by atoms with Crippen LogP contribution < -0.4 is 28.6 Å². The number of hydrogen-bond acceptors (Lipinski definition) is 3. The van der Waals surface area contributed by atoms with Crippen molar-refractivity contribution in [3.05, 3.63) is 0 Å². The van der Waals surface area contributed by atoms with Crippen molar-refractivity contribution in [2.24, 2.45) is 0 Å². The van der Waals surface area contributed by atoms with Crippen molar-refractivity contribution in [3.8, 4) is 0 Å². The van der Waals surface area contributed by atoms with Gasteiger partial charge in [-0.15, -0.1) is 0 Å². The van der Waals surface area contributed by atoms with Gasteiger partial charge in [-0.2, -0.15) is 0 Å². The molecule has 0 saturated carbocycles. The Hall–Kier alpha value is 1.33. The predicted molar refractivity (Wildman–Crippen MR) is 10.9 cm³/mol. The maximum Gasteiger partial charge on any atom is 1.00 e. The van der Waals surface area contributed by atoms with Crippen LogP contribution in [0.2, 0.25) is 0 Å². The third-order valence-electron chi connectivity index (χ3n) is 0. The van der Waals surface area contributed by atoms with Crippen molar-refractivity contribution >= 4 is 7.82 Å². The van der Waals surface area contributed by atoms with E-state index in [4.69, 9.17) is 19.2 Å². The van der Waals surface area contributed by atoms with E-state index in [1.807, 2.05) is 0 Å². The molecule has 0 aromatic carbocycles. The van der Waals surface area contributed by atoms with E-state index in [1.54, 1.807) is 0 Å². The Morgan fingerprint density at radius 3 is 1.57 bits per heavy atom. The molecule has 0 saturated heterocycles. The zero-order valence-corrected chi connectivity index (χ0v) is 7.69. The van der Waals surface area contributed by atoms with Crippen LogP contribution in [0, 0.1) is 0 Å². The second-order valence-corrected chi connectivity index (χ2v) is 1.41. The molecular weight excluding hydrogens is 167 g/mol. The Morgan fingerprint density at radius 1 is 1.57 bits per heavy atom. The third kappa shape index (κ3) is 118. The first-order chi connectivity index (χ1) is 2.00. The topological polar surface area (TPSA) is 83.4 Å². The van der Waals surface area contributed by atoms with Crippen LogP contribution in [0.1, 0.15) is 1.43 Å². The van der Waals surface area contributed by atoms with Crippen LogP contribution in [0.25, 0.3) is 0 Å². The molecule has 0 unspecified atom stereocenters. The van der Waals surface area contributed by atoms with E-state index < -0.39 is 7.82 Å². The van der Waals surface area contributed by atoms with Crippen LogP contribution >= 0.6 is 7.82 Å². The van der Waals surface area contributed by atoms with Crippen LogP contribution in [0.4, 0.5) is 0 Å². The third-order valence-corrected chi connectivity index (χ3v) is 0. The first-order valence-corrected chi connectivity index (χ1v) is 2.24. The van der Waals surface area contributed by atoms with Crippen molar-refractivity contribution in [3.63, 3.8) is 0 Å². The summed E-state index contributed by atoms with van der Waals surface area (Å²) in [5.41, 5.74) is 0. The quantitative estimate of drug-likeness (QED) is 0.290. The van der Waals surface area contributed by atoms with E-state index in [2.05, 4.69) is 0 Å². The monoisotopic (exact) mass is 168 g/mol. The fourth-order valence-corrected chi connectivity index (χ4v) is 0. The molecule has 0 atom stereocenters. The predicted octanol–water partition coefficient (Wildman–Crippen LogP) is -5.08. The maximum atomic E-state index is 8.66. The van der Waals surface area contributed by atoms with Crippen molar-refractivity contribution in [2.75, 3.05) is 0 Å². The average molecular weight is 169 g/mol. The van der Waals surface area contributed by atoms with Gasteiger partial charge in [0.1, 0.15) is 0 Å². The number of hydrogen-bond donors (Lipinski definition) is 1. The van der Waals surface area contributed by atoms with Crippen molar-refractivity contribution in [1.29, 1.82) is 0 Å². The van der Waals surface area contributed by atoms with Gasteiger partial charge >= 0.3 is 20.3 Å². The van der Waals surface area contributed by atoms with Gasteiger partial charge in [-0.3, -0.25) is 0 Å². The van der Waals surface area contributed by atoms with Gasteiger partial charge < -0.3 is 19.2 Å². The standard InChI is InChI=1S/Li.H3O4P.Zn/c;1-5(2,3)4;/h;(H3,1,2,3,4);/q+1;;/p-1. The molecule has 0 aromatic rings. The van der Waals surface area contributed by atoms with Gasteiger partial charge in [-0.1, -0.05) is 0 Å². The normalized spacial score (nSPS) is 8.43. The second kappa shape index (κ2) is 5.47. The van der Waals surface area contributed by atoms with Crippen LogP contribution in [0.3, 0.4) is 0 Å². The molecule has 0 fully saturated rings. The molecule has 4 nitrogen and oxygen atoms in total. The zero-order chi connectivity index (χ0) is 4.50. The van der Waals surface area contributed by atoms with Gasteiger partial charge in [0.25, 0.3) is 0 Å². The first kappa shape index (κ1) is 15.8. The molecule has 0 spiro atoms. The smallest absolute Gasteiger partial charge is 0.790 e. The van der Waals surface area contributed by atoms with Crippen LogP contribution in [-0.2, 0) is 24.0 Å². The summed E-state index contributed by atoms with van der Waals surface area (Å²) in [4.78, 5) is 24.3. The van der Waals surface area contributed by atoms with E-state index in [0.717, 1.165) is 0 Å². The molecular formula is H2LiO4PZn. The SMILES string of the molecule is O=P([O-])([O-])O.[H+].[Li+].[Zn]. The molecule has 34 valence electrons. The fraction of sp³-hybridized carbons (Fsp3) is 0. The summed E-state index contributed by atoms with van der Waals surface area (Å²) in [7, 11) is -5.14. The molecule has 0 aliphatic heterocycles. The minimum Gasteiger partial charge on any atom is -0.790 e. The van der Waals surface area contributed by atoms with E-state index in [1.165, 1.54) is 0 Å². The fourth-order valence-electron chi connectivity index (χ4n) is 0. The van der Waals surface area contributed by atoms with Gasteiger partial charge in [0.2, 0.25) is 0 Å². The van der Waals surface area contributed by atoms with Gasteiger partial charge in [0.15, 0.2) is 0 Å². The minimum atomic E-state index is -5.14. The molecule has 0 amide bonds. The van der Waals surface area contributed by atoms with Crippen LogP contribution in [-0.4, -0.2) is 4.89 Å². The number of phosphoric acid groups is 1. The van der Waals surface area contributed by atoms with E-state index in [-0.39, 0.29) is 39.8 Å². The average Bonchev–Trinajstić information content (AvgIpc) is 0.722. The Kier molecular flexibility index (Phi) is 12.3. The maximum absolute atomic E-state index is 8.66. The summed E-state index contributed by atoms with van der Waals surface area (Å²) in [6.45, 7) is 0. The van der Waals surface area contributed by atoms with Gasteiger partial charge in [0, 0.05) is 19.5 Å². The molecule has 7 heteroatoms. The largest absolute Gasteiger partial charge is 1.00 e. The molecule has 0 aliphatic carbocycles. The summed E-state index contributed by atoms with van der Waals surface area (Å²) in [5, 5.41) is 0. The summed E-state index contributed by atoms with van der Waals surface area (Å²) >= 11 is 0. The van der Waals surface area contributed by atoms with Gasteiger partial charge in [-0.05, 0) is 0 Å². The summed E-state index contributed by atoms with van der Waals surface area (Å²) in [5.74, 6) is 0. The molecule has 0 radical (unpaired) electrons. The van der Waals surface area contributed by atoms with Gasteiger partial charge in [-0.25, -0.2) is 0 Å². The van der Waals surface area contributed by atoms with Crippen LogP contribution in [0.15, 0.2) is 0 Å². The van der Waals surface area contributed by atoms with Crippen molar-refractivity contribution < 1.29 is 59.0 Å². The second-order valence-electron chi connectivity index (χ2n) is 0.469. The molecule has 0 heterocycles. The molecule has 0 aliphatic rings. The molecule has 1 N–H and O–H groups in total. The zero-order valence-electron chi connectivity index (χ0n) is 4.83. The molecule has 0 bridgehead atoms. The minimum absolute atomic E-state index is 0. The Bertz CT molecular complexity index is 62.2. The number of rotatable bonds is 0.